The summed E-state index contributed by atoms with van der Waals surface area (Å²) in [6, 6.07) is 16.4. The molecule has 9 nitrogen and oxygen atoms in total. The van der Waals surface area contributed by atoms with E-state index in [-0.39, 0.29) is 24.8 Å². The average Bonchev–Trinajstić information content (AvgIpc) is 2.92. The molecule has 0 radical (unpaired) electrons. The number of carbonyl (C=O) groups is 4. The minimum absolute atomic E-state index is 0.165. The zero-order valence-corrected chi connectivity index (χ0v) is 25.5. The first kappa shape index (κ1) is 32.5. The number of ether oxygens (including phenoxy) is 1. The molecular weight excluding hydrogens is 534 g/mol. The first-order chi connectivity index (χ1) is 19.7. The standard InChI is InChI=1S/C33H43N3O6/c1-21(2)28-30(39)35(26(24-16-12-9-13-17-24)19-36(28)32(41)33(5,6)7)20-27(37)34-25(18-23-14-10-8-11-15-23)29(38)31(40)42-22(3)4/h8-17,19,21-22,25,28-29,38H,18,20H2,1-7H3,(H,34,37)/t25-,28?,29?/m0/s1. The summed E-state index contributed by atoms with van der Waals surface area (Å²) in [5.74, 6) is -2.25. The summed E-state index contributed by atoms with van der Waals surface area (Å²) in [6.45, 7) is 12.1. The summed E-state index contributed by atoms with van der Waals surface area (Å²) in [7, 11) is 0. The fourth-order valence-corrected chi connectivity index (χ4v) is 4.83. The van der Waals surface area contributed by atoms with Crippen LogP contribution in [0.3, 0.4) is 0 Å². The Morgan fingerprint density at radius 2 is 1.52 bits per heavy atom. The lowest BCUT2D eigenvalue weighted by Crippen LogP contribution is -2.58. The maximum absolute atomic E-state index is 14.1. The number of carbonyl (C=O) groups excluding carboxylic acids is 4. The number of benzene rings is 2. The third-order valence-electron chi connectivity index (χ3n) is 6.87. The van der Waals surface area contributed by atoms with E-state index in [1.54, 1.807) is 40.8 Å². The third kappa shape index (κ3) is 8.06. The number of nitrogens with zero attached hydrogens (tertiary/aromatic N) is 2. The highest BCUT2D eigenvalue weighted by atomic mass is 16.6. The number of nitrogens with one attached hydrogen (secondary N) is 1. The molecule has 42 heavy (non-hydrogen) atoms. The van der Waals surface area contributed by atoms with Crippen molar-refractivity contribution >= 4 is 29.4 Å². The topological polar surface area (TPSA) is 116 Å². The first-order valence-electron chi connectivity index (χ1n) is 14.3. The van der Waals surface area contributed by atoms with Crippen LogP contribution in [-0.2, 0) is 30.3 Å². The van der Waals surface area contributed by atoms with Crippen LogP contribution >= 0.6 is 0 Å². The van der Waals surface area contributed by atoms with E-state index in [1.807, 2.05) is 74.5 Å². The van der Waals surface area contributed by atoms with Crippen LogP contribution in [0, 0.1) is 11.3 Å². The maximum Gasteiger partial charge on any atom is 0.337 e. The Kier molecular flexibility index (Phi) is 10.7. The van der Waals surface area contributed by atoms with Gasteiger partial charge >= 0.3 is 5.97 Å². The van der Waals surface area contributed by atoms with E-state index in [0.717, 1.165) is 5.56 Å². The smallest absolute Gasteiger partial charge is 0.337 e. The van der Waals surface area contributed by atoms with E-state index >= 15 is 0 Å². The molecule has 0 saturated carbocycles. The zero-order valence-electron chi connectivity index (χ0n) is 25.5. The van der Waals surface area contributed by atoms with Gasteiger partial charge in [-0.3, -0.25) is 19.3 Å². The van der Waals surface area contributed by atoms with Gasteiger partial charge in [-0.05, 0) is 37.3 Å². The summed E-state index contributed by atoms with van der Waals surface area (Å²) < 4.78 is 5.20. The van der Waals surface area contributed by atoms with Crippen molar-refractivity contribution in [1.82, 2.24) is 15.1 Å². The number of aliphatic hydroxyl groups is 1. The van der Waals surface area contributed by atoms with Gasteiger partial charge in [-0.1, -0.05) is 95.3 Å². The molecule has 3 amide bonds. The predicted molar refractivity (Wildman–Crippen MR) is 160 cm³/mol. The average molecular weight is 578 g/mol. The Hall–Kier alpha value is -3.98. The predicted octanol–water partition coefficient (Wildman–Crippen LogP) is 3.77. The molecule has 0 saturated heterocycles. The molecule has 0 fully saturated rings. The Morgan fingerprint density at radius 3 is 2.05 bits per heavy atom. The number of amides is 3. The summed E-state index contributed by atoms with van der Waals surface area (Å²) in [5.41, 5.74) is 1.13. The largest absolute Gasteiger partial charge is 0.461 e. The molecule has 9 heteroatoms. The summed E-state index contributed by atoms with van der Waals surface area (Å²) in [4.78, 5) is 56.6. The highest BCUT2D eigenvalue weighted by molar-refractivity contribution is 6.00. The molecule has 0 spiro atoms. The van der Waals surface area contributed by atoms with Crippen molar-refractivity contribution in [2.75, 3.05) is 6.54 Å². The normalized spacial score (nSPS) is 17.1. The lowest BCUT2D eigenvalue weighted by Gasteiger charge is -2.43. The second-order valence-corrected chi connectivity index (χ2v) is 12.3. The fourth-order valence-electron chi connectivity index (χ4n) is 4.83. The molecule has 0 aliphatic carbocycles. The van der Waals surface area contributed by atoms with Gasteiger partial charge < -0.3 is 20.1 Å². The van der Waals surface area contributed by atoms with E-state index in [9.17, 15) is 24.3 Å². The molecular formula is C33H43N3O6. The Morgan fingerprint density at radius 1 is 0.952 bits per heavy atom. The van der Waals surface area contributed by atoms with Crippen molar-refractivity contribution in [1.29, 1.82) is 0 Å². The van der Waals surface area contributed by atoms with Crippen molar-refractivity contribution in [3.05, 3.63) is 78.0 Å². The van der Waals surface area contributed by atoms with Crippen LogP contribution < -0.4 is 5.32 Å². The molecule has 2 aromatic carbocycles. The lowest BCUT2D eigenvalue weighted by atomic mass is 9.90. The SMILES string of the molecule is CC(C)OC(=O)C(O)[C@H](Cc1ccccc1)NC(=O)CN1C(=O)C(C(C)C)N(C(=O)C(C)(C)C)C=C1c1ccccc1. The van der Waals surface area contributed by atoms with Crippen molar-refractivity contribution in [2.45, 2.75) is 79.2 Å². The van der Waals surface area contributed by atoms with E-state index in [0.29, 0.717) is 11.3 Å². The number of hydrogen-bond donors (Lipinski definition) is 2. The van der Waals surface area contributed by atoms with Crippen LogP contribution in [0.15, 0.2) is 66.9 Å². The molecule has 2 aromatic rings. The monoisotopic (exact) mass is 577 g/mol. The Bertz CT molecular complexity index is 1280. The van der Waals surface area contributed by atoms with E-state index in [1.165, 1.54) is 9.80 Å². The van der Waals surface area contributed by atoms with Gasteiger partial charge in [0.15, 0.2) is 6.10 Å². The highest BCUT2D eigenvalue weighted by Crippen LogP contribution is 2.32. The molecule has 3 rings (SSSR count). The van der Waals surface area contributed by atoms with Gasteiger partial charge in [-0.15, -0.1) is 0 Å². The Balaban J connectivity index is 1.97. The minimum atomic E-state index is -1.62. The van der Waals surface area contributed by atoms with Crippen LogP contribution in [0.25, 0.3) is 5.70 Å². The van der Waals surface area contributed by atoms with Crippen LogP contribution in [0.2, 0.25) is 0 Å². The molecule has 2 unspecified atom stereocenters. The van der Waals surface area contributed by atoms with E-state index in [4.69, 9.17) is 4.74 Å². The molecule has 0 bridgehead atoms. The van der Waals surface area contributed by atoms with Crippen molar-refractivity contribution in [3.8, 4) is 0 Å². The quantitative estimate of drug-likeness (QED) is 0.416. The molecule has 3 atom stereocenters. The summed E-state index contributed by atoms with van der Waals surface area (Å²) in [6.07, 6.45) is -0.255. The van der Waals surface area contributed by atoms with Gasteiger partial charge in [0.25, 0.3) is 5.91 Å². The third-order valence-corrected chi connectivity index (χ3v) is 6.87. The van der Waals surface area contributed by atoms with Gasteiger partial charge in [0.05, 0.1) is 17.8 Å². The Labute approximate surface area is 248 Å². The summed E-state index contributed by atoms with van der Waals surface area (Å²) >= 11 is 0. The van der Waals surface area contributed by atoms with E-state index < -0.39 is 47.5 Å². The fraction of sp³-hybridized carbons (Fsp3) is 0.455. The van der Waals surface area contributed by atoms with Gasteiger partial charge in [-0.2, -0.15) is 0 Å². The maximum atomic E-state index is 14.1. The van der Waals surface area contributed by atoms with Crippen LogP contribution in [-0.4, -0.2) is 69.4 Å². The molecule has 2 N–H and O–H groups in total. The molecule has 1 aliphatic rings. The van der Waals surface area contributed by atoms with E-state index in [2.05, 4.69) is 5.32 Å². The van der Waals surface area contributed by atoms with Crippen LogP contribution in [0.5, 0.6) is 0 Å². The zero-order chi connectivity index (χ0) is 31.2. The lowest BCUT2D eigenvalue weighted by molar-refractivity contribution is -0.159. The van der Waals surface area contributed by atoms with Gasteiger partial charge in [-0.25, -0.2) is 4.79 Å². The molecule has 1 heterocycles. The number of rotatable bonds is 10. The van der Waals surface area contributed by atoms with Crippen LogP contribution in [0.4, 0.5) is 0 Å². The van der Waals surface area contributed by atoms with Gasteiger partial charge in [0.2, 0.25) is 11.8 Å². The number of aliphatic hydroxyl groups excluding tert-OH is 1. The highest BCUT2D eigenvalue weighted by Gasteiger charge is 2.43. The molecule has 226 valence electrons. The minimum Gasteiger partial charge on any atom is -0.461 e. The van der Waals surface area contributed by atoms with Crippen molar-refractivity contribution in [2.24, 2.45) is 11.3 Å². The summed E-state index contributed by atoms with van der Waals surface area (Å²) in [5, 5.41) is 13.7. The molecule has 1 aliphatic heterocycles. The first-order valence-corrected chi connectivity index (χ1v) is 14.3. The van der Waals surface area contributed by atoms with Gasteiger partial charge in [0.1, 0.15) is 12.6 Å². The second kappa shape index (κ2) is 13.8. The number of esters is 1. The second-order valence-electron chi connectivity index (χ2n) is 12.3. The van der Waals surface area contributed by atoms with Crippen LogP contribution in [0.1, 0.15) is 59.6 Å². The number of hydrogen-bond acceptors (Lipinski definition) is 6. The molecule has 0 aromatic heterocycles. The van der Waals surface area contributed by atoms with Gasteiger partial charge in [0, 0.05) is 11.6 Å². The van der Waals surface area contributed by atoms with Crippen molar-refractivity contribution < 1.29 is 29.0 Å². The van der Waals surface area contributed by atoms with Crippen molar-refractivity contribution in [3.63, 3.8) is 0 Å².